The van der Waals surface area contributed by atoms with Crippen molar-refractivity contribution in [2.24, 2.45) is 5.92 Å². The normalized spacial score (nSPS) is 17.3. The molecule has 0 aromatic carbocycles. The summed E-state index contributed by atoms with van der Waals surface area (Å²) < 4.78 is 1.59. The fraction of sp³-hybridized carbons (Fsp3) is 0.600. The van der Waals surface area contributed by atoms with Crippen molar-refractivity contribution in [2.75, 3.05) is 36.0 Å². The Morgan fingerprint density at radius 2 is 1.74 bits per heavy atom. The first kappa shape index (κ1) is 17.9. The molecule has 0 bridgehead atoms. The molecule has 7 heteroatoms. The minimum absolute atomic E-state index is 0.0290. The van der Waals surface area contributed by atoms with Crippen LogP contribution in [-0.4, -0.2) is 45.9 Å². The van der Waals surface area contributed by atoms with Crippen molar-refractivity contribution in [3.63, 3.8) is 0 Å². The molecular weight excluding hydrogens is 340 g/mol. The Labute approximate surface area is 160 Å². The lowest BCUT2D eigenvalue weighted by Crippen LogP contribution is -2.48. The molecule has 2 aromatic heterocycles. The van der Waals surface area contributed by atoms with Crippen LogP contribution >= 0.6 is 0 Å². The summed E-state index contributed by atoms with van der Waals surface area (Å²) in [5, 5.41) is 4.59. The van der Waals surface area contributed by atoms with Gasteiger partial charge in [0, 0.05) is 50.0 Å². The van der Waals surface area contributed by atoms with Gasteiger partial charge in [-0.2, -0.15) is 5.10 Å². The van der Waals surface area contributed by atoms with E-state index >= 15 is 0 Å². The second-order valence-corrected chi connectivity index (χ2v) is 7.91. The predicted octanol–water partition coefficient (Wildman–Crippen LogP) is 1.89. The lowest BCUT2D eigenvalue weighted by atomic mass is 9.96. The van der Waals surface area contributed by atoms with Gasteiger partial charge < -0.3 is 9.80 Å². The molecule has 0 saturated carbocycles. The van der Waals surface area contributed by atoms with Crippen LogP contribution in [0.4, 0.5) is 11.6 Å². The summed E-state index contributed by atoms with van der Waals surface area (Å²) in [6, 6.07) is 3.49. The zero-order valence-corrected chi connectivity index (χ0v) is 16.3. The van der Waals surface area contributed by atoms with Crippen LogP contribution in [0, 0.1) is 5.92 Å². The Morgan fingerprint density at radius 3 is 2.52 bits per heavy atom. The lowest BCUT2D eigenvalue weighted by Gasteiger charge is -2.37. The summed E-state index contributed by atoms with van der Waals surface area (Å²) >= 11 is 0. The maximum absolute atomic E-state index is 12.0. The molecule has 27 heavy (non-hydrogen) atoms. The van der Waals surface area contributed by atoms with Gasteiger partial charge in [0.1, 0.15) is 18.0 Å². The molecule has 4 rings (SSSR count). The highest BCUT2D eigenvalue weighted by Crippen LogP contribution is 2.28. The first-order valence-corrected chi connectivity index (χ1v) is 10.0. The fourth-order valence-corrected chi connectivity index (χ4v) is 4.01. The van der Waals surface area contributed by atoms with Crippen LogP contribution in [0.5, 0.6) is 0 Å². The van der Waals surface area contributed by atoms with Gasteiger partial charge in [-0.3, -0.25) is 4.79 Å². The fourth-order valence-electron chi connectivity index (χ4n) is 4.01. The molecule has 1 fully saturated rings. The van der Waals surface area contributed by atoms with Crippen molar-refractivity contribution in [2.45, 2.75) is 46.1 Å². The third-order valence-electron chi connectivity index (χ3n) is 5.40. The summed E-state index contributed by atoms with van der Waals surface area (Å²) in [6.07, 6.45) is 6.35. The van der Waals surface area contributed by atoms with Gasteiger partial charge >= 0.3 is 0 Å². The Hall–Kier alpha value is -2.44. The number of aryl methyl sites for hydroxylation is 1. The van der Waals surface area contributed by atoms with Crippen LogP contribution in [0.15, 0.2) is 23.3 Å². The second-order valence-electron chi connectivity index (χ2n) is 7.91. The van der Waals surface area contributed by atoms with Crippen molar-refractivity contribution in [1.29, 1.82) is 0 Å². The van der Waals surface area contributed by atoms with Crippen LogP contribution in [0.2, 0.25) is 0 Å². The van der Waals surface area contributed by atoms with Crippen molar-refractivity contribution >= 4 is 11.6 Å². The molecule has 3 heterocycles. The zero-order chi connectivity index (χ0) is 18.8. The molecule has 144 valence electrons. The Kier molecular flexibility index (Phi) is 5.09. The van der Waals surface area contributed by atoms with Crippen molar-refractivity contribution < 1.29 is 0 Å². The first-order chi connectivity index (χ1) is 13.1. The molecule has 7 nitrogen and oxygen atoms in total. The van der Waals surface area contributed by atoms with E-state index < -0.39 is 0 Å². The van der Waals surface area contributed by atoms with E-state index in [2.05, 4.69) is 38.7 Å². The Bertz CT molecular complexity index is 854. The third kappa shape index (κ3) is 3.82. The molecule has 2 aromatic rings. The quantitative estimate of drug-likeness (QED) is 0.821. The van der Waals surface area contributed by atoms with Crippen LogP contribution in [0.1, 0.15) is 37.9 Å². The van der Waals surface area contributed by atoms with E-state index in [1.165, 1.54) is 24.1 Å². The summed E-state index contributed by atoms with van der Waals surface area (Å²) in [5.74, 6) is 2.41. The Morgan fingerprint density at radius 1 is 1.00 bits per heavy atom. The predicted molar refractivity (Wildman–Crippen MR) is 106 cm³/mol. The van der Waals surface area contributed by atoms with E-state index in [-0.39, 0.29) is 5.56 Å². The van der Waals surface area contributed by atoms with E-state index in [9.17, 15) is 4.79 Å². The molecule has 0 spiro atoms. The summed E-state index contributed by atoms with van der Waals surface area (Å²) in [6.45, 7) is 8.43. The summed E-state index contributed by atoms with van der Waals surface area (Å²) in [4.78, 5) is 25.8. The minimum Gasteiger partial charge on any atom is -0.353 e. The molecule has 0 unspecified atom stereocenters. The number of rotatable bonds is 4. The van der Waals surface area contributed by atoms with E-state index in [0.717, 1.165) is 50.7 Å². The number of hydrogen-bond acceptors (Lipinski definition) is 6. The summed E-state index contributed by atoms with van der Waals surface area (Å²) in [7, 11) is 0. The van der Waals surface area contributed by atoms with Crippen LogP contribution in [-0.2, 0) is 19.4 Å². The molecule has 0 radical (unpaired) electrons. The number of nitrogens with zero attached hydrogens (tertiary/aromatic N) is 6. The summed E-state index contributed by atoms with van der Waals surface area (Å²) in [5.41, 5.74) is 2.55. The van der Waals surface area contributed by atoms with Crippen LogP contribution < -0.4 is 15.4 Å². The minimum atomic E-state index is -0.0290. The number of fused-ring (bicyclic) bond motifs is 1. The van der Waals surface area contributed by atoms with E-state index in [0.29, 0.717) is 12.5 Å². The van der Waals surface area contributed by atoms with Gasteiger partial charge in [0.15, 0.2) is 0 Å². The van der Waals surface area contributed by atoms with Crippen LogP contribution in [0.25, 0.3) is 0 Å². The topological polar surface area (TPSA) is 67.2 Å². The SMILES string of the molecule is CC(C)Cn1nc(N2CCN(c3ncnc4c3CCCC4)CC2)ccc1=O. The van der Waals surface area contributed by atoms with Gasteiger partial charge in [-0.25, -0.2) is 14.6 Å². The lowest BCUT2D eigenvalue weighted by molar-refractivity contribution is 0.461. The molecule has 1 saturated heterocycles. The maximum Gasteiger partial charge on any atom is 0.266 e. The number of hydrogen-bond donors (Lipinski definition) is 0. The van der Waals surface area contributed by atoms with Gasteiger partial charge in [-0.1, -0.05) is 13.8 Å². The van der Waals surface area contributed by atoms with Crippen molar-refractivity contribution in [3.8, 4) is 0 Å². The van der Waals surface area contributed by atoms with Crippen molar-refractivity contribution in [1.82, 2.24) is 19.7 Å². The molecule has 0 atom stereocenters. The van der Waals surface area contributed by atoms with Gasteiger partial charge in [0.2, 0.25) is 0 Å². The van der Waals surface area contributed by atoms with E-state index in [4.69, 9.17) is 0 Å². The van der Waals surface area contributed by atoms with Gasteiger partial charge in [0.25, 0.3) is 5.56 Å². The first-order valence-electron chi connectivity index (χ1n) is 10.0. The van der Waals surface area contributed by atoms with E-state index in [1.54, 1.807) is 17.1 Å². The highest BCUT2D eigenvalue weighted by atomic mass is 16.1. The van der Waals surface area contributed by atoms with Crippen molar-refractivity contribution in [3.05, 3.63) is 40.1 Å². The van der Waals surface area contributed by atoms with E-state index in [1.807, 2.05) is 6.07 Å². The zero-order valence-electron chi connectivity index (χ0n) is 16.3. The van der Waals surface area contributed by atoms with Gasteiger partial charge in [-0.15, -0.1) is 0 Å². The van der Waals surface area contributed by atoms with Gasteiger partial charge in [-0.05, 0) is 37.7 Å². The third-order valence-corrected chi connectivity index (χ3v) is 5.40. The van der Waals surface area contributed by atoms with Crippen LogP contribution in [0.3, 0.4) is 0 Å². The largest absolute Gasteiger partial charge is 0.353 e. The molecular formula is C20H28N6O. The number of aromatic nitrogens is 4. The second kappa shape index (κ2) is 7.66. The highest BCUT2D eigenvalue weighted by molar-refractivity contribution is 5.51. The Balaban J connectivity index is 1.48. The smallest absolute Gasteiger partial charge is 0.266 e. The maximum atomic E-state index is 12.0. The number of piperazine rings is 1. The molecule has 1 aliphatic carbocycles. The standard InChI is InChI=1S/C20H28N6O/c1-15(2)13-26-19(27)8-7-18(23-26)24-9-11-25(12-10-24)20-16-5-3-4-6-17(16)21-14-22-20/h7-8,14-15H,3-6,9-13H2,1-2H3. The number of anilines is 2. The highest BCUT2D eigenvalue weighted by Gasteiger charge is 2.24. The molecule has 1 aliphatic heterocycles. The molecule has 0 amide bonds. The molecule has 2 aliphatic rings. The average molecular weight is 368 g/mol. The molecule has 0 N–H and O–H groups in total. The monoisotopic (exact) mass is 368 g/mol. The average Bonchev–Trinajstić information content (AvgIpc) is 2.69. The van der Waals surface area contributed by atoms with Gasteiger partial charge in [0.05, 0.1) is 0 Å².